The summed E-state index contributed by atoms with van der Waals surface area (Å²) < 4.78 is 0. The molecule has 0 aromatic carbocycles. The van der Waals surface area contributed by atoms with Gasteiger partial charge in [0.25, 0.3) is 0 Å². The van der Waals surface area contributed by atoms with Crippen LogP contribution < -0.4 is 5.32 Å². The molecule has 0 radical (unpaired) electrons. The Morgan fingerprint density at radius 1 is 1.44 bits per heavy atom. The number of hydrogen-bond acceptors (Lipinski definition) is 2. The first-order valence-electron chi connectivity index (χ1n) is 5.99. The molecule has 1 aliphatic carbocycles. The van der Waals surface area contributed by atoms with Gasteiger partial charge in [0.15, 0.2) is 0 Å². The molecule has 1 saturated carbocycles. The molecule has 0 aliphatic heterocycles. The third kappa shape index (κ3) is 4.44. The quantitative estimate of drug-likeness (QED) is 0.590. The van der Waals surface area contributed by atoms with Gasteiger partial charge in [-0.25, -0.2) is 0 Å². The fourth-order valence-electron chi connectivity index (χ4n) is 1.99. The predicted octanol–water partition coefficient (Wildman–Crippen LogP) is 2.91. The van der Waals surface area contributed by atoms with Crippen LogP contribution in [0.5, 0.6) is 0 Å². The van der Waals surface area contributed by atoms with Gasteiger partial charge in [0.1, 0.15) is 0 Å². The van der Waals surface area contributed by atoms with Crippen LogP contribution in [0.15, 0.2) is 24.3 Å². The summed E-state index contributed by atoms with van der Waals surface area (Å²) in [5.41, 5.74) is 0. The summed E-state index contributed by atoms with van der Waals surface area (Å²) in [5, 5.41) is 3.71. The molecule has 1 amide bonds. The topological polar surface area (TPSA) is 29.1 Å². The van der Waals surface area contributed by atoms with Gasteiger partial charge >= 0.3 is 0 Å². The normalized spacial score (nSPS) is 25.6. The summed E-state index contributed by atoms with van der Waals surface area (Å²) in [4.78, 5) is 11.6. The minimum Gasteiger partial charge on any atom is -0.349 e. The maximum atomic E-state index is 11.6. The summed E-state index contributed by atoms with van der Waals surface area (Å²) in [5.74, 6) is 1.16. The molecular weight excluding hydrogens is 218 g/mol. The van der Waals surface area contributed by atoms with E-state index < -0.39 is 0 Å². The van der Waals surface area contributed by atoms with E-state index in [2.05, 4.69) is 12.2 Å². The standard InChI is InChI=1S/C13H21NOS/c1-3-5-6-10-13(15)14-11-8-7-9-12(11)16-4-2/h3,5-6,10-12H,4,7-9H2,1-2H3,(H,14,15)/b5-3+,10-6+. The lowest BCUT2D eigenvalue weighted by molar-refractivity contribution is -0.117. The maximum Gasteiger partial charge on any atom is 0.244 e. The summed E-state index contributed by atoms with van der Waals surface area (Å²) in [6, 6.07) is 0.368. The number of carbonyl (C=O) groups is 1. The van der Waals surface area contributed by atoms with Crippen LogP contribution in [0.2, 0.25) is 0 Å². The van der Waals surface area contributed by atoms with Crippen LogP contribution in [-0.2, 0) is 4.79 Å². The molecule has 2 atom stereocenters. The fraction of sp³-hybridized carbons (Fsp3) is 0.615. The van der Waals surface area contributed by atoms with Crippen molar-refractivity contribution in [1.29, 1.82) is 0 Å². The van der Waals surface area contributed by atoms with Gasteiger partial charge in [0.05, 0.1) is 0 Å². The molecule has 0 bridgehead atoms. The lowest BCUT2D eigenvalue weighted by Crippen LogP contribution is -2.37. The molecule has 3 heteroatoms. The molecule has 90 valence electrons. The van der Waals surface area contributed by atoms with E-state index in [0.29, 0.717) is 11.3 Å². The van der Waals surface area contributed by atoms with E-state index in [9.17, 15) is 4.79 Å². The van der Waals surface area contributed by atoms with Crippen LogP contribution in [0.3, 0.4) is 0 Å². The van der Waals surface area contributed by atoms with E-state index >= 15 is 0 Å². The Hall–Kier alpha value is -0.700. The second-order valence-corrected chi connectivity index (χ2v) is 5.44. The highest BCUT2D eigenvalue weighted by atomic mass is 32.2. The van der Waals surface area contributed by atoms with Gasteiger partial charge in [-0.1, -0.05) is 31.6 Å². The second-order valence-electron chi connectivity index (χ2n) is 3.92. The van der Waals surface area contributed by atoms with E-state index in [-0.39, 0.29) is 5.91 Å². The molecule has 1 fully saturated rings. The van der Waals surface area contributed by atoms with Crippen LogP contribution in [0, 0.1) is 0 Å². The van der Waals surface area contributed by atoms with Crippen LogP contribution in [0.4, 0.5) is 0 Å². The Balaban J connectivity index is 2.37. The largest absolute Gasteiger partial charge is 0.349 e. The van der Waals surface area contributed by atoms with Gasteiger partial charge in [0.2, 0.25) is 5.91 Å². The van der Waals surface area contributed by atoms with Gasteiger partial charge in [0, 0.05) is 17.4 Å². The smallest absolute Gasteiger partial charge is 0.244 e. The molecule has 1 rings (SSSR count). The average molecular weight is 239 g/mol. The van der Waals surface area contributed by atoms with Gasteiger partial charge < -0.3 is 5.32 Å². The van der Waals surface area contributed by atoms with Crippen molar-refractivity contribution in [2.24, 2.45) is 0 Å². The summed E-state index contributed by atoms with van der Waals surface area (Å²) >= 11 is 1.96. The monoisotopic (exact) mass is 239 g/mol. The first-order chi connectivity index (χ1) is 7.77. The predicted molar refractivity (Wildman–Crippen MR) is 71.7 cm³/mol. The number of hydrogen-bond donors (Lipinski definition) is 1. The van der Waals surface area contributed by atoms with Crippen molar-refractivity contribution >= 4 is 17.7 Å². The van der Waals surface area contributed by atoms with Crippen molar-refractivity contribution < 1.29 is 4.79 Å². The zero-order valence-electron chi connectivity index (χ0n) is 10.1. The van der Waals surface area contributed by atoms with E-state index in [4.69, 9.17) is 0 Å². The third-order valence-corrected chi connectivity index (χ3v) is 4.04. The zero-order chi connectivity index (χ0) is 11.8. The Kier molecular flexibility index (Phi) is 6.31. The van der Waals surface area contributed by atoms with Gasteiger partial charge in [-0.2, -0.15) is 11.8 Å². The second kappa shape index (κ2) is 7.55. The molecule has 0 saturated heterocycles. The van der Waals surface area contributed by atoms with Crippen LogP contribution in [0.25, 0.3) is 0 Å². The van der Waals surface area contributed by atoms with Crippen molar-refractivity contribution in [2.45, 2.75) is 44.4 Å². The molecule has 2 nitrogen and oxygen atoms in total. The Labute approximate surface area is 103 Å². The van der Waals surface area contributed by atoms with E-state index in [1.54, 1.807) is 12.2 Å². The molecular formula is C13H21NOS. The molecule has 0 aromatic heterocycles. The minimum absolute atomic E-state index is 0.0340. The summed E-state index contributed by atoms with van der Waals surface area (Å²) in [6.07, 6.45) is 10.8. The molecule has 0 heterocycles. The molecule has 16 heavy (non-hydrogen) atoms. The van der Waals surface area contributed by atoms with Crippen LogP contribution in [0.1, 0.15) is 33.1 Å². The van der Waals surface area contributed by atoms with E-state index in [0.717, 1.165) is 12.2 Å². The van der Waals surface area contributed by atoms with Gasteiger partial charge in [-0.05, 0) is 25.5 Å². The number of allylic oxidation sites excluding steroid dienone is 3. The average Bonchev–Trinajstić information content (AvgIpc) is 2.67. The molecule has 2 unspecified atom stereocenters. The lowest BCUT2D eigenvalue weighted by atomic mass is 10.2. The van der Waals surface area contributed by atoms with E-state index in [1.807, 2.05) is 30.8 Å². The Morgan fingerprint density at radius 2 is 2.25 bits per heavy atom. The van der Waals surface area contributed by atoms with Gasteiger partial charge in [-0.3, -0.25) is 4.79 Å². The fourth-order valence-corrected chi connectivity index (χ4v) is 3.19. The minimum atomic E-state index is 0.0340. The Bertz CT molecular complexity index is 273. The number of nitrogens with one attached hydrogen (secondary N) is 1. The highest BCUT2D eigenvalue weighted by molar-refractivity contribution is 7.99. The first-order valence-corrected chi connectivity index (χ1v) is 7.04. The molecule has 1 N–H and O–H groups in total. The molecule has 1 aliphatic rings. The zero-order valence-corrected chi connectivity index (χ0v) is 10.9. The third-order valence-electron chi connectivity index (χ3n) is 2.71. The number of thioether (sulfide) groups is 1. The van der Waals surface area contributed by atoms with Crippen LogP contribution in [-0.4, -0.2) is 23.0 Å². The van der Waals surface area contributed by atoms with Crippen molar-refractivity contribution in [2.75, 3.05) is 5.75 Å². The summed E-state index contributed by atoms with van der Waals surface area (Å²) in [7, 11) is 0. The van der Waals surface area contributed by atoms with E-state index in [1.165, 1.54) is 12.8 Å². The number of amides is 1. The molecule has 0 spiro atoms. The van der Waals surface area contributed by atoms with Gasteiger partial charge in [-0.15, -0.1) is 0 Å². The van der Waals surface area contributed by atoms with Crippen molar-refractivity contribution in [3.63, 3.8) is 0 Å². The van der Waals surface area contributed by atoms with Crippen molar-refractivity contribution in [3.05, 3.63) is 24.3 Å². The van der Waals surface area contributed by atoms with Crippen molar-refractivity contribution in [3.8, 4) is 0 Å². The highest BCUT2D eigenvalue weighted by Gasteiger charge is 2.27. The Morgan fingerprint density at radius 3 is 2.94 bits per heavy atom. The first kappa shape index (κ1) is 13.4. The van der Waals surface area contributed by atoms with Crippen molar-refractivity contribution in [1.82, 2.24) is 5.32 Å². The SMILES string of the molecule is C/C=C/C=C/C(=O)NC1CCCC1SCC. The number of carbonyl (C=O) groups excluding carboxylic acids is 1. The highest BCUT2D eigenvalue weighted by Crippen LogP contribution is 2.29. The van der Waals surface area contributed by atoms with Crippen LogP contribution >= 0.6 is 11.8 Å². The summed E-state index contributed by atoms with van der Waals surface area (Å²) in [6.45, 7) is 4.11. The maximum absolute atomic E-state index is 11.6. The molecule has 0 aromatic rings. The lowest BCUT2D eigenvalue weighted by Gasteiger charge is -2.19. The number of rotatable bonds is 5.